The van der Waals surface area contributed by atoms with Crippen LogP contribution in [0.3, 0.4) is 0 Å². The Balaban J connectivity index is 1.04. The molecule has 7 rings (SSSR count). The molecule has 0 nitrogen and oxygen atoms in total. The van der Waals surface area contributed by atoms with E-state index in [1.54, 1.807) is 0 Å². The molecule has 0 heterocycles. The predicted molar refractivity (Wildman–Crippen MR) is 239 cm³/mol. The van der Waals surface area contributed by atoms with E-state index in [0.29, 0.717) is 0 Å². The van der Waals surface area contributed by atoms with E-state index in [1.165, 1.54) is 72.3 Å². The van der Waals surface area contributed by atoms with Gasteiger partial charge in [-0.05, 0) is 156 Å². The van der Waals surface area contributed by atoms with Crippen molar-refractivity contribution in [2.75, 3.05) is 0 Å². The van der Waals surface area contributed by atoms with Crippen LogP contribution in [0.2, 0.25) is 0 Å². The third kappa shape index (κ3) is 12.3. The molecule has 0 radical (unpaired) electrons. The van der Waals surface area contributed by atoms with Crippen LogP contribution in [-0.2, 0) is 83.5 Å². The van der Waals surface area contributed by atoms with Crippen molar-refractivity contribution in [1.29, 1.82) is 0 Å². The van der Waals surface area contributed by atoms with Crippen LogP contribution in [0.1, 0.15) is 79.2 Å². The summed E-state index contributed by atoms with van der Waals surface area (Å²) in [5.41, 5.74) is 18.8. The normalized spacial score (nSPS) is 11.2. The molecule has 0 fully saturated rings. The molecule has 0 aromatic heterocycles. The Kier molecular flexibility index (Phi) is 14.2. The Morgan fingerprint density at radius 3 is 0.536 bits per heavy atom. The molecule has 7 aromatic rings. The molecule has 282 valence electrons. The van der Waals surface area contributed by atoms with Gasteiger partial charge in [0.25, 0.3) is 0 Å². The van der Waals surface area contributed by atoms with Gasteiger partial charge in [0, 0.05) is 0 Å². The van der Waals surface area contributed by atoms with Gasteiger partial charge >= 0.3 is 0 Å². The Hall–Kier alpha value is -5.46. The molecular weight excluding hydrogens is 673 g/mol. The van der Waals surface area contributed by atoms with Crippen LogP contribution in [0, 0.1) is 0 Å². The first kappa shape index (κ1) is 38.8. The highest BCUT2D eigenvalue weighted by molar-refractivity contribution is 5.37. The maximum atomic E-state index is 2.50. The SMILES string of the molecule is CCc1cc(CCc2cc(CCc3ccccc3)cc(CCc3ccccc3)c2)cc(CCc2cc(CCc3ccccc3)cc(CCc3ccccc3)c2)c1. The highest BCUT2D eigenvalue weighted by Crippen LogP contribution is 2.22. The first-order valence-electron chi connectivity index (χ1n) is 21.1. The Morgan fingerprint density at radius 2 is 0.357 bits per heavy atom. The summed E-state index contributed by atoms with van der Waals surface area (Å²) in [7, 11) is 0. The zero-order valence-corrected chi connectivity index (χ0v) is 33.4. The topological polar surface area (TPSA) is 0 Å². The molecule has 0 aliphatic heterocycles. The van der Waals surface area contributed by atoms with Gasteiger partial charge in [0.05, 0.1) is 0 Å². The smallest absolute Gasteiger partial charge is 0.0238 e. The van der Waals surface area contributed by atoms with Gasteiger partial charge in [-0.3, -0.25) is 0 Å². The van der Waals surface area contributed by atoms with Crippen LogP contribution < -0.4 is 0 Å². The van der Waals surface area contributed by atoms with Gasteiger partial charge < -0.3 is 0 Å². The molecule has 0 bridgehead atoms. The van der Waals surface area contributed by atoms with Crippen molar-refractivity contribution in [2.45, 2.75) is 90.4 Å². The minimum absolute atomic E-state index is 1.07. The summed E-state index contributed by atoms with van der Waals surface area (Å²) < 4.78 is 0. The van der Waals surface area contributed by atoms with E-state index in [0.717, 1.165) is 83.5 Å². The lowest BCUT2D eigenvalue weighted by Gasteiger charge is -2.13. The summed E-state index contributed by atoms with van der Waals surface area (Å²) >= 11 is 0. The fourth-order valence-corrected chi connectivity index (χ4v) is 8.19. The summed E-state index contributed by atoms with van der Waals surface area (Å²) in [5, 5.41) is 0. The van der Waals surface area contributed by atoms with E-state index < -0.39 is 0 Å². The van der Waals surface area contributed by atoms with E-state index in [2.05, 4.69) is 183 Å². The predicted octanol–water partition coefficient (Wildman–Crippen LogP) is 13.0. The van der Waals surface area contributed by atoms with E-state index in [4.69, 9.17) is 0 Å². The molecule has 0 aliphatic rings. The van der Waals surface area contributed by atoms with Crippen LogP contribution in [0.25, 0.3) is 0 Å². The molecular formula is C56H58. The second kappa shape index (κ2) is 20.5. The van der Waals surface area contributed by atoms with Crippen molar-refractivity contribution in [2.24, 2.45) is 0 Å². The van der Waals surface area contributed by atoms with Gasteiger partial charge in [0.15, 0.2) is 0 Å². The van der Waals surface area contributed by atoms with Gasteiger partial charge in [-0.25, -0.2) is 0 Å². The van der Waals surface area contributed by atoms with Crippen LogP contribution in [0.5, 0.6) is 0 Å². The van der Waals surface area contributed by atoms with Gasteiger partial charge in [-0.2, -0.15) is 0 Å². The van der Waals surface area contributed by atoms with Crippen molar-refractivity contribution in [3.05, 3.63) is 248 Å². The Bertz CT molecular complexity index is 1930. The third-order valence-corrected chi connectivity index (χ3v) is 11.3. The highest BCUT2D eigenvalue weighted by Gasteiger charge is 2.09. The summed E-state index contributed by atoms with van der Waals surface area (Å²) in [6, 6.07) is 66.1. The molecule has 0 N–H and O–H groups in total. The fraction of sp³-hybridized carbons (Fsp3) is 0.250. The molecule has 0 heteroatoms. The lowest BCUT2D eigenvalue weighted by Crippen LogP contribution is -2.02. The molecule has 0 unspecified atom stereocenters. The zero-order valence-electron chi connectivity index (χ0n) is 33.4. The summed E-state index contributed by atoms with van der Waals surface area (Å²) in [4.78, 5) is 0. The minimum atomic E-state index is 1.07. The molecule has 0 saturated carbocycles. The van der Waals surface area contributed by atoms with Gasteiger partial charge in [-0.1, -0.05) is 183 Å². The van der Waals surface area contributed by atoms with Gasteiger partial charge in [0.2, 0.25) is 0 Å². The second-order valence-electron chi connectivity index (χ2n) is 15.8. The lowest BCUT2D eigenvalue weighted by molar-refractivity contribution is 0.889. The van der Waals surface area contributed by atoms with Gasteiger partial charge in [0.1, 0.15) is 0 Å². The van der Waals surface area contributed by atoms with Crippen molar-refractivity contribution >= 4 is 0 Å². The second-order valence-corrected chi connectivity index (χ2v) is 15.8. The summed E-state index contributed by atoms with van der Waals surface area (Å²) in [6.45, 7) is 2.30. The van der Waals surface area contributed by atoms with Crippen LogP contribution >= 0.6 is 0 Å². The standard InChI is InChI=1S/C56H58/c1-2-44-35-49(31-33-55-40-51(27-23-45-15-7-3-8-16-45)38-52(41-55)28-24-46-17-9-4-10-18-46)37-50(36-44)32-34-56-42-53(29-25-47-19-11-5-12-20-47)39-54(43-56)30-26-48-21-13-6-14-22-48/h3-22,35-43H,2,23-34H2,1H3. The lowest BCUT2D eigenvalue weighted by atomic mass is 9.92. The fourth-order valence-electron chi connectivity index (χ4n) is 8.19. The van der Waals surface area contributed by atoms with Crippen molar-refractivity contribution < 1.29 is 0 Å². The molecule has 0 saturated heterocycles. The van der Waals surface area contributed by atoms with Crippen LogP contribution in [0.15, 0.2) is 176 Å². The van der Waals surface area contributed by atoms with Crippen molar-refractivity contribution in [3.63, 3.8) is 0 Å². The largest absolute Gasteiger partial charge is 0.0622 e. The summed E-state index contributed by atoms with van der Waals surface area (Å²) in [6.07, 6.45) is 14.0. The number of benzene rings is 7. The highest BCUT2D eigenvalue weighted by atomic mass is 14.1. The average Bonchev–Trinajstić information content (AvgIpc) is 3.26. The van der Waals surface area contributed by atoms with Crippen molar-refractivity contribution in [1.82, 2.24) is 0 Å². The number of rotatable bonds is 19. The molecule has 0 atom stereocenters. The van der Waals surface area contributed by atoms with E-state index in [1.807, 2.05) is 0 Å². The molecule has 0 amide bonds. The first-order valence-corrected chi connectivity index (χ1v) is 21.1. The Morgan fingerprint density at radius 1 is 0.196 bits per heavy atom. The summed E-state index contributed by atoms with van der Waals surface area (Å²) in [5.74, 6) is 0. The van der Waals surface area contributed by atoms with E-state index >= 15 is 0 Å². The first-order chi connectivity index (χ1) is 27.6. The monoisotopic (exact) mass is 730 g/mol. The Labute approximate surface area is 337 Å². The van der Waals surface area contributed by atoms with Gasteiger partial charge in [-0.15, -0.1) is 0 Å². The molecule has 0 aliphatic carbocycles. The maximum Gasteiger partial charge on any atom is -0.0238 e. The number of hydrogen-bond acceptors (Lipinski definition) is 0. The maximum absolute atomic E-state index is 2.50. The average molecular weight is 731 g/mol. The number of aryl methyl sites for hydroxylation is 13. The zero-order chi connectivity index (χ0) is 38.2. The van der Waals surface area contributed by atoms with Crippen LogP contribution in [-0.4, -0.2) is 0 Å². The molecule has 0 spiro atoms. The van der Waals surface area contributed by atoms with E-state index in [-0.39, 0.29) is 0 Å². The van der Waals surface area contributed by atoms with E-state index in [9.17, 15) is 0 Å². The van der Waals surface area contributed by atoms with Crippen LogP contribution in [0.4, 0.5) is 0 Å². The number of hydrogen-bond donors (Lipinski definition) is 0. The third-order valence-electron chi connectivity index (χ3n) is 11.3. The molecule has 7 aromatic carbocycles. The molecule has 56 heavy (non-hydrogen) atoms. The quantitative estimate of drug-likeness (QED) is 0.0777. The minimum Gasteiger partial charge on any atom is -0.0622 e. The van der Waals surface area contributed by atoms with Crippen molar-refractivity contribution in [3.8, 4) is 0 Å².